The van der Waals surface area contributed by atoms with Gasteiger partial charge in [-0.05, 0) is 6.42 Å². The highest BCUT2D eigenvalue weighted by Gasteiger charge is 2.09. The molecule has 0 saturated heterocycles. The SMILES string of the molecule is CCCC([C]=O)NC(=O)OC. The quantitative estimate of drug-likeness (QED) is 0.652. The monoisotopic (exact) mass is 158 g/mol. The summed E-state index contributed by atoms with van der Waals surface area (Å²) in [7, 11) is 1.25. The maximum atomic E-state index is 10.5. The van der Waals surface area contributed by atoms with Gasteiger partial charge in [0.15, 0.2) is 0 Å². The first-order valence-corrected chi connectivity index (χ1v) is 3.46. The Hall–Kier alpha value is -1.06. The van der Waals surface area contributed by atoms with Gasteiger partial charge in [-0.3, -0.25) is 4.79 Å². The topological polar surface area (TPSA) is 55.4 Å². The van der Waals surface area contributed by atoms with Crippen LogP contribution in [0.5, 0.6) is 0 Å². The minimum Gasteiger partial charge on any atom is -0.453 e. The van der Waals surface area contributed by atoms with Gasteiger partial charge in [-0.1, -0.05) is 13.3 Å². The number of ether oxygens (including phenoxy) is 1. The van der Waals surface area contributed by atoms with E-state index in [0.717, 1.165) is 6.42 Å². The number of hydrogen-bond acceptors (Lipinski definition) is 3. The number of nitrogens with one attached hydrogen (secondary N) is 1. The maximum Gasteiger partial charge on any atom is 0.407 e. The second-order valence-corrected chi connectivity index (χ2v) is 2.10. The minimum atomic E-state index is -0.591. The number of alkyl carbamates (subject to hydrolysis) is 1. The summed E-state index contributed by atoms with van der Waals surface area (Å²) in [5.74, 6) is 0. The molecule has 4 nitrogen and oxygen atoms in total. The summed E-state index contributed by atoms with van der Waals surface area (Å²) >= 11 is 0. The molecule has 0 aliphatic carbocycles. The van der Waals surface area contributed by atoms with E-state index in [1.54, 1.807) is 6.29 Å². The highest BCUT2D eigenvalue weighted by atomic mass is 16.5. The molecular formula is C7H12NO3. The molecule has 0 aliphatic heterocycles. The van der Waals surface area contributed by atoms with Crippen molar-refractivity contribution in [3.05, 3.63) is 0 Å². The van der Waals surface area contributed by atoms with Crippen LogP contribution in [0.25, 0.3) is 0 Å². The summed E-state index contributed by atoms with van der Waals surface area (Å²) in [6.45, 7) is 1.92. The molecule has 0 heterocycles. The van der Waals surface area contributed by atoms with Crippen LogP contribution in [0, 0.1) is 0 Å². The number of carbonyl (C=O) groups is 1. The second kappa shape index (κ2) is 5.70. The molecule has 1 atom stereocenters. The summed E-state index contributed by atoms with van der Waals surface area (Å²) < 4.78 is 4.30. The van der Waals surface area contributed by atoms with Gasteiger partial charge in [-0.25, -0.2) is 4.79 Å². The highest BCUT2D eigenvalue weighted by Crippen LogP contribution is 1.92. The van der Waals surface area contributed by atoms with Gasteiger partial charge in [-0.15, -0.1) is 0 Å². The Kier molecular flexibility index (Phi) is 5.15. The predicted octanol–water partition coefficient (Wildman–Crippen LogP) is 0.621. The molecule has 0 fully saturated rings. The molecule has 1 radical (unpaired) electrons. The van der Waals surface area contributed by atoms with Gasteiger partial charge in [-0.2, -0.15) is 0 Å². The average molecular weight is 158 g/mol. The zero-order chi connectivity index (χ0) is 8.69. The second-order valence-electron chi connectivity index (χ2n) is 2.10. The van der Waals surface area contributed by atoms with Crippen molar-refractivity contribution in [2.45, 2.75) is 25.8 Å². The summed E-state index contributed by atoms with van der Waals surface area (Å²) in [6.07, 6.45) is 2.53. The summed E-state index contributed by atoms with van der Waals surface area (Å²) in [4.78, 5) is 20.7. The van der Waals surface area contributed by atoms with E-state index in [-0.39, 0.29) is 0 Å². The lowest BCUT2D eigenvalue weighted by Gasteiger charge is -2.08. The van der Waals surface area contributed by atoms with Crippen LogP contribution in [0.4, 0.5) is 4.79 Å². The predicted molar refractivity (Wildman–Crippen MR) is 39.9 cm³/mol. The lowest BCUT2D eigenvalue weighted by molar-refractivity contribution is 0.168. The lowest BCUT2D eigenvalue weighted by atomic mass is 10.2. The first-order valence-electron chi connectivity index (χ1n) is 3.46. The third-order valence-electron chi connectivity index (χ3n) is 1.20. The Bertz CT molecular complexity index is 136. The van der Waals surface area contributed by atoms with Gasteiger partial charge < -0.3 is 10.1 Å². The van der Waals surface area contributed by atoms with E-state index < -0.39 is 12.1 Å². The van der Waals surface area contributed by atoms with Crippen LogP contribution in [0.15, 0.2) is 0 Å². The van der Waals surface area contributed by atoms with E-state index in [2.05, 4.69) is 10.1 Å². The van der Waals surface area contributed by atoms with Gasteiger partial charge in [0.25, 0.3) is 0 Å². The standard InChI is InChI=1S/C7H12NO3/c1-3-4-6(5-9)8-7(10)11-2/h6H,3-4H2,1-2H3,(H,8,10). The van der Waals surface area contributed by atoms with Crippen LogP contribution in [0.2, 0.25) is 0 Å². The van der Waals surface area contributed by atoms with E-state index in [1.807, 2.05) is 6.92 Å². The normalized spacial score (nSPS) is 11.8. The summed E-state index contributed by atoms with van der Waals surface area (Å²) in [5, 5.41) is 2.33. The minimum absolute atomic E-state index is 0.535. The number of carbonyl (C=O) groups excluding carboxylic acids is 2. The molecule has 1 unspecified atom stereocenters. The Labute approximate surface area is 65.9 Å². The fourth-order valence-electron chi connectivity index (χ4n) is 0.650. The number of amides is 1. The van der Waals surface area contributed by atoms with Crippen molar-refractivity contribution >= 4 is 12.4 Å². The van der Waals surface area contributed by atoms with Gasteiger partial charge in [0.1, 0.15) is 0 Å². The van der Waals surface area contributed by atoms with E-state index in [1.165, 1.54) is 7.11 Å². The first kappa shape index (κ1) is 9.94. The third-order valence-corrected chi connectivity index (χ3v) is 1.20. The molecule has 11 heavy (non-hydrogen) atoms. The molecule has 0 aromatic carbocycles. The van der Waals surface area contributed by atoms with E-state index in [0.29, 0.717) is 6.42 Å². The van der Waals surface area contributed by atoms with Gasteiger partial charge >= 0.3 is 6.09 Å². The fraction of sp³-hybridized carbons (Fsp3) is 0.714. The van der Waals surface area contributed by atoms with Crippen molar-refractivity contribution in [2.24, 2.45) is 0 Å². The Morgan fingerprint density at radius 3 is 2.73 bits per heavy atom. The van der Waals surface area contributed by atoms with Crippen molar-refractivity contribution in [1.82, 2.24) is 5.32 Å². The molecule has 1 N–H and O–H groups in total. The van der Waals surface area contributed by atoms with Crippen molar-refractivity contribution in [3.63, 3.8) is 0 Å². The number of methoxy groups -OCH3 is 1. The molecule has 0 rings (SSSR count). The molecule has 1 amide bonds. The Morgan fingerprint density at radius 2 is 2.36 bits per heavy atom. The van der Waals surface area contributed by atoms with Crippen LogP contribution >= 0.6 is 0 Å². The first-order chi connectivity index (χ1) is 5.24. The van der Waals surface area contributed by atoms with E-state index in [9.17, 15) is 9.59 Å². The number of rotatable bonds is 4. The molecule has 4 heteroatoms. The lowest BCUT2D eigenvalue weighted by Crippen LogP contribution is -2.35. The Balaban J connectivity index is 3.67. The molecule has 0 saturated carbocycles. The fourth-order valence-corrected chi connectivity index (χ4v) is 0.650. The zero-order valence-corrected chi connectivity index (χ0v) is 6.72. The van der Waals surface area contributed by atoms with Crippen molar-refractivity contribution in [3.8, 4) is 0 Å². The van der Waals surface area contributed by atoms with Crippen molar-refractivity contribution in [1.29, 1.82) is 0 Å². The van der Waals surface area contributed by atoms with Crippen LogP contribution in [0.1, 0.15) is 19.8 Å². The molecular weight excluding hydrogens is 146 g/mol. The largest absolute Gasteiger partial charge is 0.453 e. The van der Waals surface area contributed by atoms with Crippen LogP contribution < -0.4 is 5.32 Å². The van der Waals surface area contributed by atoms with Crippen LogP contribution in [-0.4, -0.2) is 25.5 Å². The van der Waals surface area contributed by atoms with E-state index >= 15 is 0 Å². The zero-order valence-electron chi connectivity index (χ0n) is 6.72. The van der Waals surface area contributed by atoms with Gasteiger partial charge in [0.05, 0.1) is 13.2 Å². The Morgan fingerprint density at radius 1 is 1.73 bits per heavy atom. The average Bonchev–Trinajstić information content (AvgIpc) is 2.03. The van der Waals surface area contributed by atoms with Gasteiger partial charge in [0, 0.05) is 0 Å². The third kappa shape index (κ3) is 4.36. The smallest absolute Gasteiger partial charge is 0.407 e. The molecule has 0 bridgehead atoms. The molecule has 0 spiro atoms. The summed E-state index contributed by atoms with van der Waals surface area (Å²) in [5.41, 5.74) is 0. The van der Waals surface area contributed by atoms with Crippen LogP contribution in [0.3, 0.4) is 0 Å². The van der Waals surface area contributed by atoms with Crippen LogP contribution in [-0.2, 0) is 9.53 Å². The number of hydrogen-bond donors (Lipinski definition) is 1. The molecule has 0 aromatic rings. The van der Waals surface area contributed by atoms with Crippen molar-refractivity contribution in [2.75, 3.05) is 7.11 Å². The maximum absolute atomic E-state index is 10.5. The highest BCUT2D eigenvalue weighted by molar-refractivity contribution is 5.73. The van der Waals surface area contributed by atoms with E-state index in [4.69, 9.17) is 0 Å². The molecule has 0 aliphatic rings. The molecule has 0 aromatic heterocycles. The molecule has 63 valence electrons. The van der Waals surface area contributed by atoms with Gasteiger partial charge in [0.2, 0.25) is 6.29 Å². The summed E-state index contributed by atoms with van der Waals surface area (Å²) in [6, 6.07) is -0.535. The van der Waals surface area contributed by atoms with Crippen molar-refractivity contribution < 1.29 is 14.3 Å².